The fraction of sp³-hybridized carbons (Fsp3) is 0.579. The summed E-state index contributed by atoms with van der Waals surface area (Å²) in [4.78, 5) is 23.8. The molecule has 1 aromatic carbocycles. The van der Waals surface area contributed by atoms with E-state index in [1.54, 1.807) is 0 Å². The molecule has 3 rings (SSSR count). The fourth-order valence-electron chi connectivity index (χ4n) is 3.93. The highest BCUT2D eigenvalue weighted by Gasteiger charge is 2.38. The van der Waals surface area contributed by atoms with Gasteiger partial charge < -0.3 is 15.4 Å². The minimum Gasteiger partial charge on any atom is -0.484 e. The van der Waals surface area contributed by atoms with Crippen LogP contribution >= 0.6 is 0 Å². The van der Waals surface area contributed by atoms with E-state index in [0.717, 1.165) is 24.8 Å². The van der Waals surface area contributed by atoms with E-state index >= 15 is 0 Å². The molecule has 130 valence electrons. The Kier molecular flexibility index (Phi) is 5.07. The lowest BCUT2D eigenvalue weighted by atomic mass is 9.72. The standard InChI is InChI=1S/C19H26N2O3/c1-12-3-6-15(7-4-12)24-11-19(23)20-14-5-8-16-13(2)9-18(22)21-17(16)10-14/h3-4,6-7,13-14,16-17H,5,8-11H2,1-2H3,(H,20,23)(H,21,22). The van der Waals surface area contributed by atoms with E-state index in [-0.39, 0.29) is 30.5 Å². The summed E-state index contributed by atoms with van der Waals surface area (Å²) in [5, 5.41) is 6.14. The zero-order chi connectivity index (χ0) is 17.1. The Balaban J connectivity index is 1.46. The molecule has 2 N–H and O–H groups in total. The third-order valence-corrected chi connectivity index (χ3v) is 5.24. The number of carbonyl (C=O) groups excluding carboxylic acids is 2. The lowest BCUT2D eigenvalue weighted by molar-refractivity contribution is -0.127. The number of rotatable bonds is 4. The molecule has 2 aliphatic rings. The molecule has 0 aromatic heterocycles. The first kappa shape index (κ1) is 16.8. The predicted molar refractivity (Wildman–Crippen MR) is 91.7 cm³/mol. The molecule has 0 bridgehead atoms. The zero-order valence-electron chi connectivity index (χ0n) is 14.4. The summed E-state index contributed by atoms with van der Waals surface area (Å²) in [6.45, 7) is 4.19. The van der Waals surface area contributed by atoms with Crippen molar-refractivity contribution in [2.75, 3.05) is 6.61 Å². The first-order chi connectivity index (χ1) is 11.5. The Morgan fingerprint density at radius 1 is 1.29 bits per heavy atom. The first-order valence-corrected chi connectivity index (χ1v) is 8.79. The van der Waals surface area contributed by atoms with Gasteiger partial charge in [0.05, 0.1) is 0 Å². The van der Waals surface area contributed by atoms with Crippen LogP contribution in [-0.2, 0) is 9.59 Å². The van der Waals surface area contributed by atoms with Gasteiger partial charge in [-0.05, 0) is 50.2 Å². The van der Waals surface area contributed by atoms with Gasteiger partial charge in [-0.1, -0.05) is 24.6 Å². The predicted octanol–water partition coefficient (Wildman–Crippen LogP) is 2.18. The van der Waals surface area contributed by atoms with Crippen LogP contribution in [0, 0.1) is 18.8 Å². The summed E-state index contributed by atoms with van der Waals surface area (Å²) in [5.41, 5.74) is 1.16. The average molecular weight is 330 g/mol. The average Bonchev–Trinajstić information content (AvgIpc) is 2.54. The number of benzene rings is 1. The summed E-state index contributed by atoms with van der Waals surface area (Å²) in [7, 11) is 0. The van der Waals surface area contributed by atoms with Crippen LogP contribution in [0.3, 0.4) is 0 Å². The van der Waals surface area contributed by atoms with E-state index in [1.165, 1.54) is 0 Å². The molecule has 2 amide bonds. The van der Waals surface area contributed by atoms with Crippen molar-refractivity contribution in [1.82, 2.24) is 10.6 Å². The minimum absolute atomic E-state index is 0.0242. The van der Waals surface area contributed by atoms with Gasteiger partial charge in [-0.15, -0.1) is 0 Å². The van der Waals surface area contributed by atoms with Crippen LogP contribution in [0.15, 0.2) is 24.3 Å². The Morgan fingerprint density at radius 2 is 2.04 bits per heavy atom. The summed E-state index contributed by atoms with van der Waals surface area (Å²) in [6, 6.07) is 7.96. The molecule has 4 unspecified atom stereocenters. The quantitative estimate of drug-likeness (QED) is 0.889. The van der Waals surface area contributed by atoms with Crippen LogP contribution in [0.1, 0.15) is 38.2 Å². The van der Waals surface area contributed by atoms with Gasteiger partial charge in [0.25, 0.3) is 5.91 Å². The number of ether oxygens (including phenoxy) is 1. The minimum atomic E-state index is -0.103. The zero-order valence-corrected chi connectivity index (χ0v) is 14.4. The van der Waals surface area contributed by atoms with E-state index in [0.29, 0.717) is 24.0 Å². The monoisotopic (exact) mass is 330 g/mol. The maximum absolute atomic E-state index is 12.1. The van der Waals surface area contributed by atoms with Gasteiger partial charge in [0.15, 0.2) is 6.61 Å². The van der Waals surface area contributed by atoms with Crippen molar-refractivity contribution in [3.05, 3.63) is 29.8 Å². The topological polar surface area (TPSA) is 67.4 Å². The number of piperidine rings is 1. The molecule has 5 nitrogen and oxygen atoms in total. The number of amides is 2. The number of fused-ring (bicyclic) bond motifs is 1. The molecule has 0 spiro atoms. The SMILES string of the molecule is Cc1ccc(OCC(=O)NC2CCC3C(C)CC(=O)NC3C2)cc1. The molecule has 1 heterocycles. The van der Waals surface area contributed by atoms with E-state index in [9.17, 15) is 9.59 Å². The van der Waals surface area contributed by atoms with Crippen LogP contribution in [0.5, 0.6) is 5.75 Å². The summed E-state index contributed by atoms with van der Waals surface area (Å²) in [6.07, 6.45) is 3.47. The van der Waals surface area contributed by atoms with Crippen molar-refractivity contribution in [2.24, 2.45) is 11.8 Å². The molecule has 1 aromatic rings. The third kappa shape index (κ3) is 4.08. The molecule has 24 heavy (non-hydrogen) atoms. The molecule has 0 radical (unpaired) electrons. The number of nitrogens with one attached hydrogen (secondary N) is 2. The van der Waals surface area contributed by atoms with Crippen LogP contribution in [-0.4, -0.2) is 30.5 Å². The molecule has 1 aliphatic heterocycles. The van der Waals surface area contributed by atoms with Gasteiger partial charge in [-0.3, -0.25) is 9.59 Å². The van der Waals surface area contributed by atoms with Gasteiger partial charge in [0, 0.05) is 18.5 Å². The number of hydrogen-bond donors (Lipinski definition) is 2. The van der Waals surface area contributed by atoms with Gasteiger partial charge in [0.2, 0.25) is 5.91 Å². The first-order valence-electron chi connectivity index (χ1n) is 8.79. The lowest BCUT2D eigenvalue weighted by Gasteiger charge is -2.43. The number of hydrogen-bond acceptors (Lipinski definition) is 3. The molecule has 4 atom stereocenters. The second-order valence-electron chi connectivity index (χ2n) is 7.20. The number of aryl methyl sites for hydroxylation is 1. The van der Waals surface area contributed by atoms with Gasteiger partial charge >= 0.3 is 0 Å². The number of carbonyl (C=O) groups is 2. The molecule has 5 heteroatoms. The Bertz CT molecular complexity index is 599. The summed E-state index contributed by atoms with van der Waals surface area (Å²) < 4.78 is 5.52. The second-order valence-corrected chi connectivity index (χ2v) is 7.20. The Labute approximate surface area is 143 Å². The van der Waals surface area contributed by atoms with E-state index in [4.69, 9.17) is 4.74 Å². The fourth-order valence-corrected chi connectivity index (χ4v) is 3.93. The molecule has 1 saturated heterocycles. The Morgan fingerprint density at radius 3 is 2.79 bits per heavy atom. The second kappa shape index (κ2) is 7.24. The van der Waals surface area contributed by atoms with Crippen molar-refractivity contribution in [1.29, 1.82) is 0 Å². The normalized spacial score (nSPS) is 29.3. The van der Waals surface area contributed by atoms with E-state index in [2.05, 4.69) is 17.6 Å². The van der Waals surface area contributed by atoms with Crippen molar-refractivity contribution < 1.29 is 14.3 Å². The van der Waals surface area contributed by atoms with Crippen LogP contribution in [0.4, 0.5) is 0 Å². The molecule has 2 fully saturated rings. The largest absolute Gasteiger partial charge is 0.484 e. The maximum Gasteiger partial charge on any atom is 0.258 e. The van der Waals surface area contributed by atoms with Gasteiger partial charge in [-0.25, -0.2) is 0 Å². The summed E-state index contributed by atoms with van der Waals surface area (Å²) in [5.74, 6) is 1.71. The van der Waals surface area contributed by atoms with Crippen molar-refractivity contribution in [3.8, 4) is 5.75 Å². The summed E-state index contributed by atoms with van der Waals surface area (Å²) >= 11 is 0. The molecule has 1 saturated carbocycles. The van der Waals surface area contributed by atoms with Crippen LogP contribution in [0.25, 0.3) is 0 Å². The third-order valence-electron chi connectivity index (χ3n) is 5.24. The van der Waals surface area contributed by atoms with Crippen LogP contribution in [0.2, 0.25) is 0 Å². The molecular weight excluding hydrogens is 304 g/mol. The maximum atomic E-state index is 12.1. The molecular formula is C19H26N2O3. The van der Waals surface area contributed by atoms with E-state index in [1.807, 2.05) is 31.2 Å². The van der Waals surface area contributed by atoms with E-state index < -0.39 is 0 Å². The smallest absolute Gasteiger partial charge is 0.258 e. The van der Waals surface area contributed by atoms with Gasteiger partial charge in [-0.2, -0.15) is 0 Å². The van der Waals surface area contributed by atoms with Crippen LogP contribution < -0.4 is 15.4 Å². The van der Waals surface area contributed by atoms with Crippen molar-refractivity contribution in [2.45, 2.75) is 51.6 Å². The van der Waals surface area contributed by atoms with Crippen molar-refractivity contribution in [3.63, 3.8) is 0 Å². The van der Waals surface area contributed by atoms with Crippen molar-refractivity contribution >= 4 is 11.8 Å². The molecule has 1 aliphatic carbocycles. The highest BCUT2D eigenvalue weighted by Crippen LogP contribution is 2.35. The lowest BCUT2D eigenvalue weighted by Crippen LogP contribution is -2.55. The Hall–Kier alpha value is -2.04. The van der Waals surface area contributed by atoms with Gasteiger partial charge in [0.1, 0.15) is 5.75 Å². The highest BCUT2D eigenvalue weighted by molar-refractivity contribution is 5.78. The highest BCUT2D eigenvalue weighted by atomic mass is 16.5.